The molecule has 0 saturated heterocycles. The van der Waals surface area contributed by atoms with Gasteiger partial charge in [0.1, 0.15) is 11.6 Å². The monoisotopic (exact) mass is 294 g/mol. The van der Waals surface area contributed by atoms with Crippen LogP contribution in [0.4, 0.5) is 8.78 Å². The number of halogens is 2. The lowest BCUT2D eigenvalue weighted by Crippen LogP contribution is -2.49. The lowest BCUT2D eigenvalue weighted by atomic mass is 9.97. The number of benzene rings is 1. The zero-order chi connectivity index (χ0) is 15.3. The van der Waals surface area contributed by atoms with E-state index in [2.05, 4.69) is 10.5 Å². The first-order valence-corrected chi connectivity index (χ1v) is 6.84. The average Bonchev–Trinajstić information content (AvgIpc) is 3.11. The van der Waals surface area contributed by atoms with Gasteiger partial charge in [0.15, 0.2) is 0 Å². The molecule has 0 radical (unpaired) electrons. The minimum Gasteiger partial charge on any atom is -0.379 e. The Hall–Kier alpha value is -1.98. The molecule has 6 heteroatoms. The quantitative estimate of drug-likeness (QED) is 0.931. The van der Waals surface area contributed by atoms with E-state index >= 15 is 0 Å². The Balaban J connectivity index is 1.81. The number of amides is 1. The molecular formula is C15H16F2N2O2. The second kappa shape index (κ2) is 4.51. The van der Waals surface area contributed by atoms with Gasteiger partial charge in [-0.1, -0.05) is 5.16 Å². The van der Waals surface area contributed by atoms with Crippen LogP contribution in [0.15, 0.2) is 23.4 Å². The fourth-order valence-electron chi connectivity index (χ4n) is 2.65. The second-order valence-electron chi connectivity index (χ2n) is 5.99. The molecule has 4 nitrogen and oxygen atoms in total. The van der Waals surface area contributed by atoms with Crippen molar-refractivity contribution >= 4 is 11.6 Å². The van der Waals surface area contributed by atoms with Crippen LogP contribution < -0.4 is 5.32 Å². The van der Waals surface area contributed by atoms with E-state index in [9.17, 15) is 13.6 Å². The molecule has 1 aliphatic heterocycles. The van der Waals surface area contributed by atoms with Crippen LogP contribution in [0.25, 0.3) is 0 Å². The minimum absolute atomic E-state index is 0.190. The highest BCUT2D eigenvalue weighted by atomic mass is 19.1. The van der Waals surface area contributed by atoms with Gasteiger partial charge in [0.05, 0.1) is 11.3 Å². The maximum atomic E-state index is 13.9. The van der Waals surface area contributed by atoms with Gasteiger partial charge in [0.25, 0.3) is 5.91 Å². The predicted molar refractivity (Wildman–Crippen MR) is 72.6 cm³/mol. The van der Waals surface area contributed by atoms with Crippen LogP contribution >= 0.6 is 0 Å². The highest BCUT2D eigenvalue weighted by Gasteiger charge is 2.51. The van der Waals surface area contributed by atoms with Crippen molar-refractivity contribution in [3.63, 3.8) is 0 Å². The summed E-state index contributed by atoms with van der Waals surface area (Å²) < 4.78 is 27.3. The van der Waals surface area contributed by atoms with Gasteiger partial charge in [-0.3, -0.25) is 4.79 Å². The maximum absolute atomic E-state index is 13.9. The lowest BCUT2D eigenvalue weighted by molar-refractivity contribution is -0.142. The fraction of sp³-hybridized carbons (Fsp3) is 0.467. The van der Waals surface area contributed by atoms with Crippen molar-refractivity contribution in [2.45, 2.75) is 44.2 Å². The standard InChI is InChI=1S/C15H16F2N2O2/c1-9-8-14(2,21-19-9)13(20)18-15(5-6-15)11-7-10(16)3-4-12(11)17/h3-4,7H,5-6,8H2,1-2H3,(H,18,20). The van der Waals surface area contributed by atoms with Gasteiger partial charge in [-0.25, -0.2) is 8.78 Å². The Labute approximate surface area is 121 Å². The molecule has 1 amide bonds. The van der Waals surface area contributed by atoms with Crippen LogP contribution in [-0.4, -0.2) is 17.2 Å². The first kappa shape index (κ1) is 14.0. The summed E-state index contributed by atoms with van der Waals surface area (Å²) in [4.78, 5) is 17.6. The van der Waals surface area contributed by atoms with Crippen LogP contribution in [0.1, 0.15) is 38.7 Å². The normalized spacial score (nSPS) is 26.0. The van der Waals surface area contributed by atoms with E-state index in [1.165, 1.54) is 0 Å². The lowest BCUT2D eigenvalue weighted by Gasteiger charge is -2.25. The molecule has 1 heterocycles. The minimum atomic E-state index is -1.08. The van der Waals surface area contributed by atoms with Crippen molar-refractivity contribution in [2.75, 3.05) is 0 Å². The van der Waals surface area contributed by atoms with E-state index in [0.717, 1.165) is 23.9 Å². The molecule has 1 aliphatic carbocycles. The molecule has 1 saturated carbocycles. The van der Waals surface area contributed by atoms with E-state index in [1.54, 1.807) is 13.8 Å². The molecule has 1 N–H and O–H groups in total. The molecule has 2 aliphatic rings. The summed E-state index contributed by atoms with van der Waals surface area (Å²) >= 11 is 0. The van der Waals surface area contributed by atoms with Crippen molar-refractivity contribution in [1.29, 1.82) is 0 Å². The molecule has 1 unspecified atom stereocenters. The van der Waals surface area contributed by atoms with Gasteiger partial charge in [-0.2, -0.15) is 0 Å². The fourth-order valence-corrected chi connectivity index (χ4v) is 2.65. The Kier molecular flexibility index (Phi) is 3.00. The summed E-state index contributed by atoms with van der Waals surface area (Å²) in [5.74, 6) is -1.39. The molecule has 1 atom stereocenters. The predicted octanol–water partition coefficient (Wildman–Crippen LogP) is 2.63. The number of nitrogens with one attached hydrogen (secondary N) is 1. The summed E-state index contributed by atoms with van der Waals surface area (Å²) in [5, 5.41) is 6.60. The topological polar surface area (TPSA) is 50.7 Å². The van der Waals surface area contributed by atoms with E-state index in [-0.39, 0.29) is 11.5 Å². The molecule has 0 bridgehead atoms. The molecule has 3 rings (SSSR count). The van der Waals surface area contributed by atoms with E-state index < -0.39 is 22.8 Å². The molecule has 0 aromatic heterocycles. The van der Waals surface area contributed by atoms with Crippen LogP contribution in [-0.2, 0) is 15.2 Å². The van der Waals surface area contributed by atoms with Gasteiger partial charge in [-0.15, -0.1) is 0 Å². The maximum Gasteiger partial charge on any atom is 0.267 e. The zero-order valence-electron chi connectivity index (χ0n) is 11.9. The number of carbonyl (C=O) groups is 1. The van der Waals surface area contributed by atoms with Crippen molar-refractivity contribution in [1.82, 2.24) is 5.32 Å². The van der Waals surface area contributed by atoms with Gasteiger partial charge in [-0.05, 0) is 44.9 Å². The zero-order valence-corrected chi connectivity index (χ0v) is 11.9. The summed E-state index contributed by atoms with van der Waals surface area (Å²) in [5.41, 5.74) is -0.986. The van der Waals surface area contributed by atoms with Crippen molar-refractivity contribution in [3.05, 3.63) is 35.4 Å². The number of oxime groups is 1. The number of hydrogen-bond donors (Lipinski definition) is 1. The smallest absolute Gasteiger partial charge is 0.267 e. The third kappa shape index (κ3) is 2.39. The van der Waals surface area contributed by atoms with Crippen LogP contribution in [0.5, 0.6) is 0 Å². The number of rotatable bonds is 3. The number of hydrogen-bond acceptors (Lipinski definition) is 3. The summed E-state index contributed by atoms with van der Waals surface area (Å²) in [6.07, 6.45) is 1.55. The first-order chi connectivity index (χ1) is 9.85. The number of nitrogens with zero attached hydrogens (tertiary/aromatic N) is 1. The van der Waals surface area contributed by atoms with Crippen LogP contribution in [0, 0.1) is 11.6 Å². The van der Waals surface area contributed by atoms with Gasteiger partial charge < -0.3 is 10.2 Å². The van der Waals surface area contributed by atoms with Crippen LogP contribution in [0.3, 0.4) is 0 Å². The largest absolute Gasteiger partial charge is 0.379 e. The second-order valence-corrected chi connectivity index (χ2v) is 5.99. The van der Waals surface area contributed by atoms with Crippen molar-refractivity contribution in [2.24, 2.45) is 5.16 Å². The Morgan fingerprint density at radius 3 is 2.67 bits per heavy atom. The Morgan fingerprint density at radius 2 is 2.10 bits per heavy atom. The van der Waals surface area contributed by atoms with E-state index in [4.69, 9.17) is 4.84 Å². The summed E-state index contributed by atoms with van der Waals surface area (Å²) in [6, 6.07) is 3.29. The van der Waals surface area contributed by atoms with Crippen LogP contribution in [0.2, 0.25) is 0 Å². The van der Waals surface area contributed by atoms with Gasteiger partial charge in [0, 0.05) is 12.0 Å². The van der Waals surface area contributed by atoms with Crippen molar-refractivity contribution < 1.29 is 18.4 Å². The molecule has 1 aromatic rings. The van der Waals surface area contributed by atoms with E-state index in [0.29, 0.717) is 19.3 Å². The Morgan fingerprint density at radius 1 is 1.38 bits per heavy atom. The molecule has 1 fully saturated rings. The first-order valence-electron chi connectivity index (χ1n) is 6.84. The summed E-state index contributed by atoms with van der Waals surface area (Å²) in [7, 11) is 0. The highest BCUT2D eigenvalue weighted by molar-refractivity contribution is 5.94. The van der Waals surface area contributed by atoms with Gasteiger partial charge in [0.2, 0.25) is 5.60 Å². The molecular weight excluding hydrogens is 278 g/mol. The Bertz CT molecular complexity index is 641. The van der Waals surface area contributed by atoms with E-state index in [1.807, 2.05) is 0 Å². The van der Waals surface area contributed by atoms with Gasteiger partial charge >= 0.3 is 0 Å². The SMILES string of the molecule is CC1=NOC(C)(C(=O)NC2(c3cc(F)ccc3F)CC2)C1. The highest BCUT2D eigenvalue weighted by Crippen LogP contribution is 2.47. The third-order valence-corrected chi connectivity index (χ3v) is 4.02. The average molecular weight is 294 g/mol. The third-order valence-electron chi connectivity index (χ3n) is 4.02. The molecule has 112 valence electrons. The summed E-state index contributed by atoms with van der Waals surface area (Å²) in [6.45, 7) is 3.41. The molecule has 21 heavy (non-hydrogen) atoms. The molecule has 0 spiro atoms. The molecule has 1 aromatic carbocycles. The number of carbonyl (C=O) groups excluding carboxylic acids is 1. The van der Waals surface area contributed by atoms with Crippen molar-refractivity contribution in [3.8, 4) is 0 Å².